The second-order valence-electron chi connectivity index (χ2n) is 5.83. The zero-order valence-corrected chi connectivity index (χ0v) is 13.1. The second kappa shape index (κ2) is 6.60. The Morgan fingerprint density at radius 3 is 2.68 bits per heavy atom. The van der Waals surface area contributed by atoms with E-state index in [4.69, 9.17) is 0 Å². The Morgan fingerprint density at radius 2 is 2.00 bits per heavy atom. The first-order valence-electron chi connectivity index (χ1n) is 7.38. The smallest absolute Gasteiger partial charge is 0.254 e. The lowest BCUT2D eigenvalue weighted by atomic mass is 10.1. The Balaban J connectivity index is 2.27. The molecule has 0 fully saturated rings. The van der Waals surface area contributed by atoms with Crippen molar-refractivity contribution in [2.75, 3.05) is 18.0 Å². The molecule has 2 N–H and O–H groups in total. The van der Waals surface area contributed by atoms with Crippen LogP contribution in [-0.4, -0.2) is 36.9 Å². The van der Waals surface area contributed by atoms with E-state index in [0.717, 1.165) is 0 Å². The van der Waals surface area contributed by atoms with E-state index in [9.17, 15) is 14.4 Å². The van der Waals surface area contributed by atoms with Crippen molar-refractivity contribution in [1.82, 2.24) is 10.6 Å². The molecule has 118 valence electrons. The Kier molecular flexibility index (Phi) is 4.80. The molecule has 0 saturated heterocycles. The van der Waals surface area contributed by atoms with E-state index < -0.39 is 6.04 Å². The topological polar surface area (TPSA) is 78.5 Å². The molecule has 1 aromatic rings. The van der Waals surface area contributed by atoms with Gasteiger partial charge < -0.3 is 15.5 Å². The Morgan fingerprint density at radius 1 is 1.32 bits per heavy atom. The van der Waals surface area contributed by atoms with Gasteiger partial charge in [0.25, 0.3) is 5.91 Å². The molecule has 22 heavy (non-hydrogen) atoms. The van der Waals surface area contributed by atoms with Gasteiger partial charge >= 0.3 is 0 Å². The number of benzene rings is 1. The number of fused-ring (bicyclic) bond motifs is 1. The summed E-state index contributed by atoms with van der Waals surface area (Å²) in [5.41, 5.74) is 0.867. The fraction of sp³-hybridized carbons (Fsp3) is 0.438. The first-order chi connectivity index (χ1) is 10.4. The monoisotopic (exact) mass is 303 g/mol. The number of carbonyl (C=O) groups is 3. The Hall–Kier alpha value is -2.37. The van der Waals surface area contributed by atoms with Crippen LogP contribution in [0.3, 0.4) is 0 Å². The first kappa shape index (κ1) is 16.0. The van der Waals surface area contributed by atoms with Crippen LogP contribution in [0.2, 0.25) is 0 Å². The number of amides is 3. The molecule has 0 aromatic heterocycles. The molecule has 0 unspecified atom stereocenters. The Bertz CT molecular complexity index is 598. The molecule has 1 aliphatic rings. The van der Waals surface area contributed by atoms with Gasteiger partial charge in [0.2, 0.25) is 11.8 Å². The lowest BCUT2D eigenvalue weighted by molar-refractivity contribution is -0.124. The molecule has 0 radical (unpaired) electrons. The molecule has 1 aromatic carbocycles. The van der Waals surface area contributed by atoms with E-state index in [0.29, 0.717) is 23.7 Å². The number of anilines is 1. The summed E-state index contributed by atoms with van der Waals surface area (Å²) in [5, 5.41) is 5.43. The van der Waals surface area contributed by atoms with E-state index >= 15 is 0 Å². The van der Waals surface area contributed by atoms with Crippen LogP contribution in [0, 0.1) is 5.92 Å². The van der Waals surface area contributed by atoms with E-state index in [1.807, 2.05) is 13.8 Å². The van der Waals surface area contributed by atoms with Crippen LogP contribution in [0.15, 0.2) is 24.3 Å². The van der Waals surface area contributed by atoms with Crippen LogP contribution in [0.1, 0.15) is 31.1 Å². The molecule has 6 nitrogen and oxygen atoms in total. The highest BCUT2D eigenvalue weighted by molar-refractivity contribution is 6.12. The van der Waals surface area contributed by atoms with Crippen LogP contribution >= 0.6 is 0 Å². The summed E-state index contributed by atoms with van der Waals surface area (Å²) in [4.78, 5) is 38.0. The van der Waals surface area contributed by atoms with E-state index in [1.54, 1.807) is 31.2 Å². The van der Waals surface area contributed by atoms with Gasteiger partial charge in [-0.1, -0.05) is 26.0 Å². The van der Waals surface area contributed by atoms with Gasteiger partial charge in [0, 0.05) is 6.54 Å². The molecule has 0 bridgehead atoms. The minimum atomic E-state index is -0.669. The van der Waals surface area contributed by atoms with Crippen molar-refractivity contribution >= 4 is 23.4 Å². The van der Waals surface area contributed by atoms with Gasteiger partial charge in [-0.15, -0.1) is 0 Å². The summed E-state index contributed by atoms with van der Waals surface area (Å²) in [6, 6.07) is 6.14. The Labute approximate surface area is 129 Å². The van der Waals surface area contributed by atoms with E-state index in [1.165, 1.54) is 4.90 Å². The van der Waals surface area contributed by atoms with Crippen molar-refractivity contribution in [3.63, 3.8) is 0 Å². The number of carbonyl (C=O) groups excluding carboxylic acids is 3. The van der Waals surface area contributed by atoms with Crippen LogP contribution in [0.25, 0.3) is 0 Å². The summed E-state index contributed by atoms with van der Waals surface area (Å²) in [5.74, 6) is -0.504. The SMILES string of the molecule is CC(C)CNC(=O)CN1C(=O)[C@@H](C)NC(=O)c2ccccc21. The molecule has 1 aliphatic heterocycles. The third-order valence-electron chi connectivity index (χ3n) is 3.43. The minimum absolute atomic E-state index is 0.0954. The van der Waals surface area contributed by atoms with Crippen molar-refractivity contribution < 1.29 is 14.4 Å². The van der Waals surface area contributed by atoms with E-state index in [2.05, 4.69) is 10.6 Å². The number of hydrogen-bond acceptors (Lipinski definition) is 3. The number of nitrogens with one attached hydrogen (secondary N) is 2. The number of para-hydroxylation sites is 1. The third kappa shape index (κ3) is 3.44. The minimum Gasteiger partial charge on any atom is -0.354 e. The maximum Gasteiger partial charge on any atom is 0.254 e. The van der Waals surface area contributed by atoms with Crippen LogP contribution < -0.4 is 15.5 Å². The van der Waals surface area contributed by atoms with E-state index in [-0.39, 0.29) is 24.3 Å². The predicted molar refractivity (Wildman–Crippen MR) is 83.6 cm³/mol. The highest BCUT2D eigenvalue weighted by Gasteiger charge is 2.31. The van der Waals surface area contributed by atoms with Gasteiger partial charge in [-0.2, -0.15) is 0 Å². The molecular formula is C16H21N3O3. The van der Waals surface area contributed by atoms with Crippen molar-refractivity contribution in [2.24, 2.45) is 5.92 Å². The van der Waals surface area contributed by atoms with Crippen LogP contribution in [-0.2, 0) is 9.59 Å². The van der Waals surface area contributed by atoms with Gasteiger partial charge in [0.05, 0.1) is 11.3 Å². The highest BCUT2D eigenvalue weighted by Crippen LogP contribution is 2.23. The molecule has 6 heteroatoms. The maximum absolute atomic E-state index is 12.5. The molecule has 1 heterocycles. The van der Waals surface area contributed by atoms with Crippen molar-refractivity contribution in [3.8, 4) is 0 Å². The average Bonchev–Trinajstić information content (AvgIpc) is 2.57. The second-order valence-corrected chi connectivity index (χ2v) is 5.83. The first-order valence-corrected chi connectivity index (χ1v) is 7.38. The number of rotatable bonds is 4. The van der Waals surface area contributed by atoms with Crippen LogP contribution in [0.5, 0.6) is 0 Å². The summed E-state index contributed by atoms with van der Waals surface area (Å²) in [6.45, 7) is 6.07. The highest BCUT2D eigenvalue weighted by atomic mass is 16.2. The number of nitrogens with zero attached hydrogens (tertiary/aromatic N) is 1. The van der Waals surface area contributed by atoms with Gasteiger partial charge in [-0.3, -0.25) is 14.4 Å². The predicted octanol–water partition coefficient (Wildman–Crippen LogP) is 0.924. The van der Waals surface area contributed by atoms with Gasteiger partial charge in [-0.25, -0.2) is 0 Å². The maximum atomic E-state index is 12.5. The molecule has 0 aliphatic carbocycles. The summed E-state index contributed by atoms with van der Waals surface area (Å²) >= 11 is 0. The van der Waals surface area contributed by atoms with Gasteiger partial charge in [0.1, 0.15) is 12.6 Å². The fourth-order valence-corrected chi connectivity index (χ4v) is 2.27. The lowest BCUT2D eigenvalue weighted by Gasteiger charge is -2.23. The molecule has 3 amide bonds. The molecule has 1 atom stereocenters. The molecule has 0 saturated carbocycles. The van der Waals surface area contributed by atoms with Crippen molar-refractivity contribution in [1.29, 1.82) is 0 Å². The molecule has 0 spiro atoms. The van der Waals surface area contributed by atoms with Crippen LogP contribution in [0.4, 0.5) is 5.69 Å². The quantitative estimate of drug-likeness (QED) is 0.868. The zero-order valence-electron chi connectivity index (χ0n) is 13.1. The lowest BCUT2D eigenvalue weighted by Crippen LogP contribution is -2.47. The largest absolute Gasteiger partial charge is 0.354 e. The van der Waals surface area contributed by atoms with Gasteiger partial charge in [-0.05, 0) is 25.0 Å². The fourth-order valence-electron chi connectivity index (χ4n) is 2.27. The summed E-state index contributed by atoms with van der Waals surface area (Å²) in [7, 11) is 0. The third-order valence-corrected chi connectivity index (χ3v) is 3.43. The number of hydrogen-bond donors (Lipinski definition) is 2. The summed E-state index contributed by atoms with van der Waals surface area (Å²) < 4.78 is 0. The summed E-state index contributed by atoms with van der Waals surface area (Å²) in [6.07, 6.45) is 0. The zero-order chi connectivity index (χ0) is 16.3. The standard InChI is InChI=1S/C16H21N3O3/c1-10(2)8-17-14(20)9-19-13-7-5-4-6-12(13)15(21)18-11(3)16(19)22/h4-7,10-11H,8-9H2,1-3H3,(H,17,20)(H,18,21)/t11-/m1/s1. The van der Waals surface area contributed by atoms with Crippen molar-refractivity contribution in [3.05, 3.63) is 29.8 Å². The molecular weight excluding hydrogens is 282 g/mol. The average molecular weight is 303 g/mol. The molecule has 2 rings (SSSR count). The normalized spacial score (nSPS) is 17.8. The van der Waals surface area contributed by atoms with Gasteiger partial charge in [0.15, 0.2) is 0 Å². The van der Waals surface area contributed by atoms with Crippen molar-refractivity contribution in [2.45, 2.75) is 26.8 Å².